The predicted octanol–water partition coefficient (Wildman–Crippen LogP) is 3.87. The fraction of sp³-hybridized carbons (Fsp3) is 0.292. The number of hydrogen-bond acceptors (Lipinski definition) is 3. The molecule has 148 valence electrons. The molecule has 2 heterocycles. The summed E-state index contributed by atoms with van der Waals surface area (Å²) < 4.78 is 0. The van der Waals surface area contributed by atoms with Crippen molar-refractivity contribution in [3.8, 4) is 11.8 Å². The highest BCUT2D eigenvalue weighted by molar-refractivity contribution is 5.97. The Morgan fingerprint density at radius 3 is 2.55 bits per heavy atom. The number of nitrogens with zero attached hydrogens (tertiary/aromatic N) is 2. The van der Waals surface area contributed by atoms with Gasteiger partial charge in [-0.3, -0.25) is 9.59 Å². The lowest BCUT2D eigenvalue weighted by atomic mass is 10.0. The molecule has 0 radical (unpaired) electrons. The lowest BCUT2D eigenvalue weighted by molar-refractivity contribution is -0.114. The molecule has 0 aliphatic carbocycles. The van der Waals surface area contributed by atoms with Crippen LogP contribution in [-0.2, 0) is 4.79 Å². The normalized spacial score (nSPS) is 13.3. The van der Waals surface area contributed by atoms with Gasteiger partial charge in [0.25, 0.3) is 5.91 Å². The first kappa shape index (κ1) is 20.3. The van der Waals surface area contributed by atoms with Crippen molar-refractivity contribution in [1.82, 2.24) is 9.88 Å². The van der Waals surface area contributed by atoms with Gasteiger partial charge in [0.15, 0.2) is 0 Å². The van der Waals surface area contributed by atoms with E-state index in [0.29, 0.717) is 24.3 Å². The lowest BCUT2D eigenvalue weighted by Gasteiger charge is -2.29. The molecular formula is C24H25N3O2. The highest BCUT2D eigenvalue weighted by Gasteiger charge is 2.21. The summed E-state index contributed by atoms with van der Waals surface area (Å²) in [5, 5.41) is 2.74. The summed E-state index contributed by atoms with van der Waals surface area (Å²) in [5.41, 5.74) is 5.23. The van der Waals surface area contributed by atoms with Crippen LogP contribution in [0.25, 0.3) is 0 Å². The minimum absolute atomic E-state index is 0.0333. The van der Waals surface area contributed by atoms with Crippen molar-refractivity contribution in [3.05, 3.63) is 70.6 Å². The molecular weight excluding hydrogens is 362 g/mol. The van der Waals surface area contributed by atoms with Crippen LogP contribution in [0.5, 0.6) is 0 Å². The van der Waals surface area contributed by atoms with Gasteiger partial charge in [-0.15, -0.1) is 0 Å². The van der Waals surface area contributed by atoms with Gasteiger partial charge in [-0.05, 0) is 74.6 Å². The standard InChI is InChI=1S/C24H25N3O2/c1-17-16-22(26-19(3)28)10-11-23(17)24(29)27-14-12-20(13-15-27)7-5-9-21-8-4-6-18(2)25-21/h4,6-8,10-11,16H,12-15H2,1-3H3,(H,26,28). The maximum Gasteiger partial charge on any atom is 0.254 e. The second kappa shape index (κ2) is 9.20. The Labute approximate surface area is 171 Å². The van der Waals surface area contributed by atoms with Gasteiger partial charge in [0.1, 0.15) is 5.69 Å². The van der Waals surface area contributed by atoms with Crippen LogP contribution in [0.2, 0.25) is 0 Å². The first-order valence-electron chi connectivity index (χ1n) is 9.73. The summed E-state index contributed by atoms with van der Waals surface area (Å²) >= 11 is 0. The fourth-order valence-electron chi connectivity index (χ4n) is 3.32. The second-order valence-corrected chi connectivity index (χ2v) is 7.24. The SMILES string of the molecule is CC(=O)Nc1ccc(C(=O)N2CCC(=CC#Cc3cccc(C)n3)CC2)c(C)c1. The van der Waals surface area contributed by atoms with Crippen LogP contribution in [0, 0.1) is 25.7 Å². The number of amides is 2. The highest BCUT2D eigenvalue weighted by atomic mass is 16.2. The topological polar surface area (TPSA) is 62.3 Å². The van der Waals surface area contributed by atoms with Crippen LogP contribution >= 0.6 is 0 Å². The third-order valence-corrected chi connectivity index (χ3v) is 4.83. The molecule has 0 unspecified atom stereocenters. The summed E-state index contributed by atoms with van der Waals surface area (Å²) in [6.45, 7) is 6.67. The average Bonchev–Trinajstić information content (AvgIpc) is 2.68. The molecule has 1 saturated heterocycles. The largest absolute Gasteiger partial charge is 0.338 e. The van der Waals surface area contributed by atoms with E-state index in [1.54, 1.807) is 12.1 Å². The van der Waals surface area contributed by atoms with Crippen LogP contribution in [0.4, 0.5) is 5.69 Å². The maximum atomic E-state index is 12.9. The number of allylic oxidation sites excluding steroid dienone is 1. The number of anilines is 1. The van der Waals surface area contributed by atoms with Gasteiger partial charge in [0.2, 0.25) is 5.91 Å². The van der Waals surface area contributed by atoms with E-state index in [1.807, 2.05) is 49.1 Å². The number of carbonyl (C=O) groups excluding carboxylic acids is 2. The van der Waals surface area contributed by atoms with Crippen molar-refractivity contribution in [3.63, 3.8) is 0 Å². The molecule has 1 aromatic heterocycles. The van der Waals surface area contributed by atoms with E-state index in [1.165, 1.54) is 12.5 Å². The fourth-order valence-corrected chi connectivity index (χ4v) is 3.32. The van der Waals surface area contributed by atoms with Gasteiger partial charge in [0, 0.05) is 37.0 Å². The first-order chi connectivity index (χ1) is 13.9. The van der Waals surface area contributed by atoms with Crippen LogP contribution in [0.3, 0.4) is 0 Å². The molecule has 5 heteroatoms. The van der Waals surface area contributed by atoms with Gasteiger partial charge >= 0.3 is 0 Å². The summed E-state index contributed by atoms with van der Waals surface area (Å²) in [5.74, 6) is 6.07. The molecule has 1 aliphatic heterocycles. The van der Waals surface area contributed by atoms with E-state index in [4.69, 9.17) is 0 Å². The van der Waals surface area contributed by atoms with Crippen LogP contribution in [0.1, 0.15) is 47.1 Å². The minimum atomic E-state index is -0.125. The Hall–Kier alpha value is -3.39. The number of pyridine rings is 1. The van der Waals surface area contributed by atoms with Crippen molar-refractivity contribution in [1.29, 1.82) is 0 Å². The van der Waals surface area contributed by atoms with Gasteiger partial charge in [-0.1, -0.05) is 17.6 Å². The summed E-state index contributed by atoms with van der Waals surface area (Å²) in [6, 6.07) is 11.2. The molecule has 3 rings (SSSR count). The van der Waals surface area contributed by atoms with Crippen molar-refractivity contribution in [2.75, 3.05) is 18.4 Å². The Balaban J connectivity index is 1.60. The van der Waals surface area contributed by atoms with Crippen LogP contribution < -0.4 is 5.32 Å². The Bertz CT molecular complexity index is 1020. The average molecular weight is 387 g/mol. The van der Waals surface area contributed by atoms with Gasteiger partial charge in [-0.2, -0.15) is 0 Å². The molecule has 2 amide bonds. The maximum absolute atomic E-state index is 12.9. The summed E-state index contributed by atoms with van der Waals surface area (Å²) in [6.07, 6.45) is 3.61. The molecule has 1 fully saturated rings. The third-order valence-electron chi connectivity index (χ3n) is 4.83. The Kier molecular flexibility index (Phi) is 6.46. The molecule has 0 spiro atoms. The number of carbonyl (C=O) groups is 2. The van der Waals surface area contributed by atoms with Crippen molar-refractivity contribution < 1.29 is 9.59 Å². The van der Waals surface area contributed by atoms with Crippen LogP contribution in [0.15, 0.2) is 48.0 Å². The number of rotatable bonds is 2. The van der Waals surface area contributed by atoms with Gasteiger partial charge in [0.05, 0.1) is 0 Å². The zero-order valence-electron chi connectivity index (χ0n) is 17.1. The number of aryl methyl sites for hydroxylation is 2. The van der Waals surface area contributed by atoms with E-state index >= 15 is 0 Å². The number of piperidine rings is 1. The van der Waals surface area contributed by atoms with Crippen LogP contribution in [-0.4, -0.2) is 34.8 Å². The van der Waals surface area contributed by atoms with Crippen molar-refractivity contribution in [2.45, 2.75) is 33.6 Å². The molecule has 0 atom stereocenters. The minimum Gasteiger partial charge on any atom is -0.338 e. The van der Waals surface area contributed by atoms with E-state index in [-0.39, 0.29) is 11.8 Å². The number of hydrogen-bond donors (Lipinski definition) is 1. The molecule has 1 N–H and O–H groups in total. The monoisotopic (exact) mass is 387 g/mol. The molecule has 29 heavy (non-hydrogen) atoms. The zero-order chi connectivity index (χ0) is 20.8. The van der Waals surface area contributed by atoms with E-state index in [2.05, 4.69) is 22.1 Å². The molecule has 0 bridgehead atoms. The predicted molar refractivity (Wildman–Crippen MR) is 115 cm³/mol. The lowest BCUT2D eigenvalue weighted by Crippen LogP contribution is -2.36. The summed E-state index contributed by atoms with van der Waals surface area (Å²) in [7, 11) is 0. The van der Waals surface area contributed by atoms with E-state index in [0.717, 1.165) is 29.8 Å². The second-order valence-electron chi connectivity index (χ2n) is 7.24. The summed E-state index contributed by atoms with van der Waals surface area (Å²) in [4.78, 5) is 30.3. The van der Waals surface area contributed by atoms with E-state index in [9.17, 15) is 9.59 Å². The zero-order valence-corrected chi connectivity index (χ0v) is 17.1. The Morgan fingerprint density at radius 1 is 1.14 bits per heavy atom. The third kappa shape index (κ3) is 5.55. The highest BCUT2D eigenvalue weighted by Crippen LogP contribution is 2.21. The van der Waals surface area contributed by atoms with Gasteiger partial charge < -0.3 is 10.2 Å². The number of nitrogens with one attached hydrogen (secondary N) is 1. The van der Waals surface area contributed by atoms with Gasteiger partial charge in [-0.25, -0.2) is 4.98 Å². The Morgan fingerprint density at radius 2 is 1.90 bits per heavy atom. The molecule has 1 aromatic carbocycles. The molecule has 0 saturated carbocycles. The first-order valence-corrected chi connectivity index (χ1v) is 9.73. The quantitative estimate of drug-likeness (QED) is 0.796. The number of likely N-dealkylation sites (tertiary alicyclic amines) is 1. The number of benzene rings is 1. The molecule has 5 nitrogen and oxygen atoms in total. The van der Waals surface area contributed by atoms with Crippen molar-refractivity contribution in [2.24, 2.45) is 0 Å². The molecule has 2 aromatic rings. The van der Waals surface area contributed by atoms with E-state index < -0.39 is 0 Å². The smallest absolute Gasteiger partial charge is 0.254 e. The molecule has 1 aliphatic rings. The number of aromatic nitrogens is 1. The van der Waals surface area contributed by atoms with Crippen molar-refractivity contribution >= 4 is 17.5 Å².